The molecule has 0 aliphatic heterocycles. The minimum Gasteiger partial charge on any atom is -0.0527 e. The smallest absolute Gasteiger partial charge is 0.00140 e. The molecule has 72 heavy (non-hydrogen) atoms. The zero-order chi connectivity index (χ0) is 47.3. The van der Waals surface area contributed by atoms with Gasteiger partial charge in [0, 0.05) is 0 Å². The van der Waals surface area contributed by atoms with Crippen molar-refractivity contribution in [2.45, 2.75) is 342 Å². The lowest BCUT2D eigenvalue weighted by molar-refractivity contribution is 0.593. The molecule has 0 N–H and O–H groups in total. The van der Waals surface area contributed by atoms with Crippen molar-refractivity contribution in [3.05, 3.63) is 100 Å². The van der Waals surface area contributed by atoms with Crippen molar-refractivity contribution in [3.63, 3.8) is 0 Å². The maximum Gasteiger partial charge on any atom is -0.00140 e. The molecule has 0 radical (unpaired) electrons. The van der Waals surface area contributed by atoms with Crippen molar-refractivity contribution >= 4 is 0 Å². The Morgan fingerprint density at radius 1 is 0.125 bits per heavy atom. The Kier molecular flexibility index (Phi) is 13.0. The van der Waals surface area contributed by atoms with Gasteiger partial charge in [-0.1, -0.05) is 128 Å². The van der Waals surface area contributed by atoms with E-state index in [1.807, 2.05) is 55.6 Å². The van der Waals surface area contributed by atoms with Crippen LogP contribution in [0.5, 0.6) is 0 Å². The van der Waals surface area contributed by atoms with E-state index in [4.69, 9.17) is 0 Å². The van der Waals surface area contributed by atoms with E-state index in [1.54, 1.807) is 0 Å². The van der Waals surface area contributed by atoms with Crippen LogP contribution >= 0.6 is 0 Å². The number of fused-ring (bicyclic) bond motifs is 4. The highest BCUT2D eigenvalue weighted by atomic mass is 14.5. The molecule has 0 unspecified atom stereocenters. The zero-order valence-electron chi connectivity index (χ0n) is 45.9. The molecule has 0 saturated heterocycles. The van der Waals surface area contributed by atoms with E-state index in [-0.39, 0.29) is 0 Å². The molecule has 0 nitrogen and oxygen atoms in total. The molecule has 10 saturated carbocycles. The normalized spacial score (nSPS) is 26.7. The van der Waals surface area contributed by atoms with Crippen LogP contribution in [0.2, 0.25) is 0 Å². The van der Waals surface area contributed by atoms with Gasteiger partial charge < -0.3 is 0 Å². The molecular formula is C72H98. The molecule has 0 spiro atoms. The van der Waals surface area contributed by atoms with Gasteiger partial charge in [0.15, 0.2) is 0 Å². The van der Waals surface area contributed by atoms with Crippen molar-refractivity contribution in [2.75, 3.05) is 0 Å². The summed E-state index contributed by atoms with van der Waals surface area (Å²) in [6.07, 6.45) is 64.5. The molecule has 12 aliphatic carbocycles. The van der Waals surface area contributed by atoms with Crippen molar-refractivity contribution < 1.29 is 0 Å². The highest BCUT2D eigenvalue weighted by Crippen LogP contribution is 2.61. The predicted octanol–water partition coefficient (Wildman–Crippen LogP) is 21.3. The highest BCUT2D eigenvalue weighted by Gasteiger charge is 2.46. The molecular weight excluding hydrogens is 865 g/mol. The van der Waals surface area contributed by atoms with Gasteiger partial charge in [-0.25, -0.2) is 0 Å². The van der Waals surface area contributed by atoms with Gasteiger partial charge in [-0.05, 0) is 313 Å². The molecule has 3 aromatic rings. The van der Waals surface area contributed by atoms with Gasteiger partial charge in [0.1, 0.15) is 0 Å². The molecule has 12 aliphatic rings. The Morgan fingerprint density at radius 3 is 0.389 bits per heavy atom. The topological polar surface area (TPSA) is 0 Å². The van der Waals surface area contributed by atoms with Crippen LogP contribution in [0.1, 0.15) is 416 Å². The number of hydrogen-bond donors (Lipinski definition) is 0. The number of rotatable bonds is 10. The maximum absolute atomic E-state index is 2.07. The first-order valence-corrected chi connectivity index (χ1v) is 33.4. The molecule has 0 atom stereocenters. The maximum atomic E-state index is 2.07. The van der Waals surface area contributed by atoms with Crippen molar-refractivity contribution in [3.8, 4) is 0 Å². The Morgan fingerprint density at radius 2 is 0.236 bits per heavy atom. The molecule has 0 heteroatoms. The minimum atomic E-state index is 0.792. The Hall–Kier alpha value is -2.34. The van der Waals surface area contributed by atoms with E-state index >= 15 is 0 Å². The van der Waals surface area contributed by atoms with Gasteiger partial charge in [0.05, 0.1) is 0 Å². The highest BCUT2D eigenvalue weighted by molar-refractivity contribution is 5.71. The summed E-state index contributed by atoms with van der Waals surface area (Å²) in [7, 11) is 0. The third-order valence-electron chi connectivity index (χ3n) is 24.8. The Labute approximate surface area is 439 Å². The summed E-state index contributed by atoms with van der Waals surface area (Å²) in [5.41, 5.74) is 36.6. The zero-order valence-corrected chi connectivity index (χ0v) is 45.9. The molecule has 0 aromatic heterocycles. The summed E-state index contributed by atoms with van der Waals surface area (Å²) in [6.45, 7) is 0. The third kappa shape index (κ3) is 7.85. The van der Waals surface area contributed by atoms with Gasteiger partial charge >= 0.3 is 0 Å². The fourth-order valence-corrected chi connectivity index (χ4v) is 22.0. The SMILES string of the molecule is C1CCC(c2c3c(c(C4CCCC4)c4c2Cc2c(c(C5CCCC5)c(C5CCCC5)c(C5CCCC5)c2C2CCCC2)C4)Cc2c(c(C4CCCC4)c(C4CCCC4)c(C4CCCC4)c2C2CCCC2)C3)C1. The fourth-order valence-electron chi connectivity index (χ4n) is 22.0. The van der Waals surface area contributed by atoms with Crippen LogP contribution < -0.4 is 0 Å². The lowest BCUT2D eigenvalue weighted by Crippen LogP contribution is -2.29. The quantitative estimate of drug-likeness (QED) is 0.131. The molecule has 10 fully saturated rings. The molecule has 386 valence electrons. The van der Waals surface area contributed by atoms with Gasteiger partial charge in [-0.15, -0.1) is 0 Å². The van der Waals surface area contributed by atoms with Crippen molar-refractivity contribution in [2.24, 2.45) is 0 Å². The second kappa shape index (κ2) is 19.9. The van der Waals surface area contributed by atoms with Crippen LogP contribution in [0, 0.1) is 0 Å². The lowest BCUT2D eigenvalue weighted by Gasteiger charge is -2.42. The molecule has 0 bridgehead atoms. The van der Waals surface area contributed by atoms with Crippen molar-refractivity contribution in [1.82, 2.24) is 0 Å². The van der Waals surface area contributed by atoms with Crippen LogP contribution in [0.4, 0.5) is 0 Å². The van der Waals surface area contributed by atoms with Gasteiger partial charge in [-0.2, -0.15) is 0 Å². The summed E-state index contributed by atoms with van der Waals surface area (Å²) in [5.74, 6) is 8.27. The van der Waals surface area contributed by atoms with Gasteiger partial charge in [0.25, 0.3) is 0 Å². The van der Waals surface area contributed by atoms with E-state index in [0.717, 1.165) is 59.2 Å². The third-order valence-corrected chi connectivity index (χ3v) is 24.8. The standard InChI is InChI=1S/C72H98/c1-2-22-45(21-1)63-55-41-59-61(67(49-29-9-10-30-49)71(53-37-17-18-38-53)69(51-33-13-14-34-51)65(59)47-25-5-6-26-47)43-57(55)64(46-23-3-4-24-46)58-44-62-60(42-56(58)63)66(48-27-7-8-28-48)70(52-35-15-16-36-52)72(54-39-19-20-40-54)68(62)50-31-11-12-32-50/h45-54H,1-44H2. The summed E-state index contributed by atoms with van der Waals surface area (Å²) in [4.78, 5) is 0. The van der Waals surface area contributed by atoms with Crippen LogP contribution in [0.15, 0.2) is 0 Å². The van der Waals surface area contributed by atoms with Crippen molar-refractivity contribution in [1.29, 1.82) is 0 Å². The van der Waals surface area contributed by atoms with E-state index in [0.29, 0.717) is 0 Å². The van der Waals surface area contributed by atoms with Gasteiger partial charge in [0.2, 0.25) is 0 Å². The summed E-state index contributed by atoms with van der Waals surface area (Å²) in [6, 6.07) is 0. The largest absolute Gasteiger partial charge is 0.0527 e. The van der Waals surface area contributed by atoms with Gasteiger partial charge in [-0.3, -0.25) is 0 Å². The Balaban J connectivity index is 1.01. The number of hydrogen-bond acceptors (Lipinski definition) is 0. The fraction of sp³-hybridized carbons (Fsp3) is 0.750. The molecule has 0 amide bonds. The summed E-state index contributed by atoms with van der Waals surface area (Å²) < 4.78 is 0. The number of benzene rings is 3. The Bertz CT molecular complexity index is 2150. The minimum absolute atomic E-state index is 0.792. The van der Waals surface area contributed by atoms with E-state index in [2.05, 4.69) is 44.5 Å². The molecule has 3 aromatic carbocycles. The second-order valence-electron chi connectivity index (χ2n) is 28.5. The molecule has 15 rings (SSSR count). The monoisotopic (exact) mass is 963 g/mol. The summed E-state index contributed by atoms with van der Waals surface area (Å²) in [5, 5.41) is 0. The first-order chi connectivity index (χ1) is 35.8. The molecule has 0 heterocycles. The predicted molar refractivity (Wildman–Crippen MR) is 303 cm³/mol. The average Bonchev–Trinajstić information content (AvgIpc) is 4.26. The van der Waals surface area contributed by atoms with E-state index in [1.165, 1.54) is 283 Å². The first kappa shape index (κ1) is 46.9. The van der Waals surface area contributed by atoms with Crippen LogP contribution in [-0.2, 0) is 25.7 Å². The van der Waals surface area contributed by atoms with Crippen LogP contribution in [0.25, 0.3) is 0 Å². The summed E-state index contributed by atoms with van der Waals surface area (Å²) >= 11 is 0. The average molecular weight is 964 g/mol. The van der Waals surface area contributed by atoms with E-state index in [9.17, 15) is 0 Å². The van der Waals surface area contributed by atoms with Crippen LogP contribution in [0.3, 0.4) is 0 Å². The lowest BCUT2D eigenvalue weighted by atomic mass is 9.62. The van der Waals surface area contributed by atoms with Crippen LogP contribution in [-0.4, -0.2) is 0 Å². The van der Waals surface area contributed by atoms with E-state index < -0.39 is 0 Å². The second-order valence-corrected chi connectivity index (χ2v) is 28.5. The first-order valence-electron chi connectivity index (χ1n) is 33.4.